The molecule has 0 aliphatic carbocycles. The number of fused-ring (bicyclic) bond motifs is 1. The Morgan fingerprint density at radius 1 is 1.15 bits per heavy atom. The van der Waals surface area contributed by atoms with Crippen LogP contribution in [0.4, 0.5) is 8.78 Å². The second-order valence-corrected chi connectivity index (χ2v) is 10.2. The summed E-state index contributed by atoms with van der Waals surface area (Å²) in [5, 5.41) is 0. The van der Waals surface area contributed by atoms with Gasteiger partial charge in [-0.2, -0.15) is 9.30 Å². The number of methoxy groups -OCH3 is 1. The zero-order valence-electron chi connectivity index (χ0n) is 17.9. The largest absolute Gasteiger partial charge is 0.468 e. The van der Waals surface area contributed by atoms with Crippen molar-refractivity contribution in [1.82, 2.24) is 8.87 Å². The van der Waals surface area contributed by atoms with Gasteiger partial charge in [0.15, 0.2) is 10.6 Å². The van der Waals surface area contributed by atoms with Gasteiger partial charge < -0.3 is 14.0 Å². The van der Waals surface area contributed by atoms with Gasteiger partial charge in [0.2, 0.25) is 10.0 Å². The summed E-state index contributed by atoms with van der Waals surface area (Å²) >= 11 is 0.827. The molecule has 2 heterocycles. The van der Waals surface area contributed by atoms with Crippen molar-refractivity contribution < 1.29 is 36.3 Å². The number of hydrogen-bond acceptors (Lipinski definition) is 7. The molecule has 13 heteroatoms. The average molecular weight is 512 g/mol. The van der Waals surface area contributed by atoms with Crippen LogP contribution in [0.1, 0.15) is 10.4 Å². The topological polar surface area (TPSA) is 107 Å². The molecule has 1 fully saturated rings. The highest BCUT2D eigenvalue weighted by molar-refractivity contribution is 7.89. The van der Waals surface area contributed by atoms with E-state index in [4.69, 9.17) is 4.74 Å². The van der Waals surface area contributed by atoms with Gasteiger partial charge in [-0.05, 0) is 30.3 Å². The smallest absolute Gasteiger partial charge is 0.325 e. The van der Waals surface area contributed by atoms with Crippen molar-refractivity contribution in [1.29, 1.82) is 0 Å². The van der Waals surface area contributed by atoms with Crippen LogP contribution in [0.3, 0.4) is 0 Å². The number of aromatic nitrogens is 1. The number of carbonyl (C=O) groups is 2. The molecule has 1 aromatic heterocycles. The fourth-order valence-electron chi connectivity index (χ4n) is 3.41. The first-order chi connectivity index (χ1) is 16.2. The number of ether oxygens (including phenoxy) is 2. The summed E-state index contributed by atoms with van der Waals surface area (Å²) in [6.45, 7) is 0.644. The molecule has 0 unspecified atom stereocenters. The van der Waals surface area contributed by atoms with Gasteiger partial charge in [-0.15, -0.1) is 0 Å². The first kappa shape index (κ1) is 24.1. The average Bonchev–Trinajstić information content (AvgIpc) is 3.16. The number of rotatable bonds is 5. The van der Waals surface area contributed by atoms with E-state index in [0.29, 0.717) is 19.3 Å². The number of sulfonamides is 1. The van der Waals surface area contributed by atoms with E-state index in [2.05, 4.69) is 9.73 Å². The minimum atomic E-state index is -3.73. The van der Waals surface area contributed by atoms with Crippen LogP contribution in [-0.2, 0) is 30.8 Å². The molecule has 0 bridgehead atoms. The number of nitrogens with zero attached hydrogens (tertiary/aromatic N) is 3. The number of amides is 1. The minimum absolute atomic E-state index is 0.0195. The molecule has 9 nitrogen and oxygen atoms in total. The van der Waals surface area contributed by atoms with Gasteiger partial charge in [-0.3, -0.25) is 9.59 Å². The van der Waals surface area contributed by atoms with Crippen molar-refractivity contribution in [3.05, 3.63) is 58.4 Å². The number of morpholine rings is 1. The Labute approximate surface area is 196 Å². The van der Waals surface area contributed by atoms with Crippen LogP contribution in [0.15, 0.2) is 46.3 Å². The van der Waals surface area contributed by atoms with Crippen molar-refractivity contribution in [3.63, 3.8) is 0 Å². The van der Waals surface area contributed by atoms with Crippen molar-refractivity contribution >= 4 is 43.5 Å². The SMILES string of the molecule is COC(=O)Cn1c(=NC(=O)c2ccc(S(=O)(=O)N3CCOCC3)cc2)sc2cc(F)cc(F)c21. The molecule has 0 atom stereocenters. The highest BCUT2D eigenvalue weighted by Crippen LogP contribution is 2.23. The van der Waals surface area contributed by atoms with E-state index in [9.17, 15) is 26.8 Å². The number of thiazole rings is 1. The fourth-order valence-corrected chi connectivity index (χ4v) is 5.89. The Kier molecular flexibility index (Phi) is 6.89. The normalized spacial score (nSPS) is 15.6. The van der Waals surface area contributed by atoms with Gasteiger partial charge in [0.05, 0.1) is 35.4 Å². The molecule has 0 spiro atoms. The van der Waals surface area contributed by atoms with Gasteiger partial charge in [-0.25, -0.2) is 17.2 Å². The third-order valence-electron chi connectivity index (χ3n) is 5.12. The monoisotopic (exact) mass is 511 g/mol. The maximum atomic E-state index is 14.4. The van der Waals surface area contributed by atoms with E-state index in [1.807, 2.05) is 0 Å². The van der Waals surface area contributed by atoms with Crippen LogP contribution in [-0.4, -0.2) is 62.6 Å². The van der Waals surface area contributed by atoms with Gasteiger partial charge in [-0.1, -0.05) is 11.3 Å². The third kappa shape index (κ3) is 4.78. The highest BCUT2D eigenvalue weighted by atomic mass is 32.2. The van der Waals surface area contributed by atoms with E-state index in [1.165, 1.54) is 28.6 Å². The van der Waals surface area contributed by atoms with Crippen molar-refractivity contribution in [3.8, 4) is 0 Å². The number of esters is 1. The zero-order valence-corrected chi connectivity index (χ0v) is 19.5. The van der Waals surface area contributed by atoms with Crippen LogP contribution >= 0.6 is 11.3 Å². The molecule has 3 aromatic rings. The van der Waals surface area contributed by atoms with Crippen LogP contribution in [0.5, 0.6) is 0 Å². The molecule has 2 aromatic carbocycles. The van der Waals surface area contributed by atoms with Crippen molar-refractivity contribution in [2.75, 3.05) is 33.4 Å². The Balaban J connectivity index is 1.70. The molecule has 1 aliphatic rings. The molecule has 1 saturated heterocycles. The zero-order chi connectivity index (χ0) is 24.5. The number of hydrogen-bond donors (Lipinski definition) is 0. The summed E-state index contributed by atoms with van der Waals surface area (Å²) in [6.07, 6.45) is 0. The van der Waals surface area contributed by atoms with Gasteiger partial charge in [0.25, 0.3) is 5.91 Å². The van der Waals surface area contributed by atoms with Gasteiger partial charge in [0.1, 0.15) is 12.4 Å². The lowest BCUT2D eigenvalue weighted by Crippen LogP contribution is -2.40. The molecule has 180 valence electrons. The molecule has 1 amide bonds. The lowest BCUT2D eigenvalue weighted by Gasteiger charge is -2.26. The van der Waals surface area contributed by atoms with Crippen molar-refractivity contribution in [2.45, 2.75) is 11.4 Å². The Morgan fingerprint density at radius 2 is 1.82 bits per heavy atom. The number of benzene rings is 2. The predicted molar refractivity (Wildman–Crippen MR) is 118 cm³/mol. The van der Waals surface area contributed by atoms with Crippen LogP contribution in [0.2, 0.25) is 0 Å². The number of halogens is 2. The highest BCUT2D eigenvalue weighted by Gasteiger charge is 2.26. The predicted octanol–water partition coefficient (Wildman–Crippen LogP) is 1.92. The fraction of sp³-hybridized carbons (Fsp3) is 0.286. The van der Waals surface area contributed by atoms with E-state index in [0.717, 1.165) is 29.1 Å². The minimum Gasteiger partial charge on any atom is -0.468 e. The van der Waals surface area contributed by atoms with Crippen molar-refractivity contribution in [2.24, 2.45) is 4.99 Å². The molecule has 0 N–H and O–H groups in total. The summed E-state index contributed by atoms with van der Waals surface area (Å²) in [7, 11) is -2.58. The third-order valence-corrected chi connectivity index (χ3v) is 8.05. The lowest BCUT2D eigenvalue weighted by molar-refractivity contribution is -0.141. The first-order valence-electron chi connectivity index (χ1n) is 10.0. The summed E-state index contributed by atoms with van der Waals surface area (Å²) < 4.78 is 66.0. The van der Waals surface area contributed by atoms with Crippen LogP contribution < -0.4 is 4.80 Å². The molecule has 0 radical (unpaired) electrons. The quantitative estimate of drug-likeness (QED) is 0.485. The number of carbonyl (C=O) groups excluding carboxylic acids is 2. The molecular formula is C21H19F2N3O6S2. The first-order valence-corrected chi connectivity index (χ1v) is 12.3. The maximum absolute atomic E-state index is 14.4. The van der Waals surface area contributed by atoms with E-state index in [-0.39, 0.29) is 38.6 Å². The second-order valence-electron chi connectivity index (χ2n) is 7.24. The van der Waals surface area contributed by atoms with E-state index in [1.54, 1.807) is 0 Å². The van der Waals surface area contributed by atoms with E-state index < -0.39 is 40.1 Å². The summed E-state index contributed by atoms with van der Waals surface area (Å²) in [5.41, 5.74) is -0.00930. The Morgan fingerprint density at radius 3 is 2.47 bits per heavy atom. The molecule has 34 heavy (non-hydrogen) atoms. The Bertz CT molecular complexity index is 1430. The van der Waals surface area contributed by atoms with Crippen LogP contribution in [0, 0.1) is 11.6 Å². The Hall–Kier alpha value is -3.00. The second kappa shape index (κ2) is 9.70. The van der Waals surface area contributed by atoms with Gasteiger partial charge >= 0.3 is 5.97 Å². The maximum Gasteiger partial charge on any atom is 0.325 e. The van der Waals surface area contributed by atoms with E-state index >= 15 is 0 Å². The van der Waals surface area contributed by atoms with Crippen LogP contribution in [0.25, 0.3) is 10.2 Å². The summed E-state index contributed by atoms with van der Waals surface area (Å²) in [4.78, 5) is 28.6. The lowest BCUT2D eigenvalue weighted by atomic mass is 10.2. The summed E-state index contributed by atoms with van der Waals surface area (Å²) in [6, 6.07) is 6.98. The molecule has 4 rings (SSSR count). The standard InChI is InChI=1S/C21H19F2N3O6S2/c1-31-18(27)12-26-19-16(23)10-14(22)11-17(19)33-21(26)24-20(28)13-2-4-15(5-3-13)34(29,30)25-6-8-32-9-7-25/h2-5,10-11H,6-9,12H2,1H3. The molecule has 1 aliphatic heterocycles. The molecular weight excluding hydrogens is 492 g/mol. The van der Waals surface area contributed by atoms with Gasteiger partial charge in [0, 0.05) is 24.7 Å². The summed E-state index contributed by atoms with van der Waals surface area (Å²) in [5.74, 6) is -3.19. The molecule has 0 saturated carbocycles.